The van der Waals surface area contributed by atoms with Crippen LogP contribution in [-0.4, -0.2) is 15.5 Å². The zero-order valence-corrected chi connectivity index (χ0v) is 13.3. The van der Waals surface area contributed by atoms with Crippen LogP contribution >= 0.6 is 0 Å². The van der Waals surface area contributed by atoms with Gasteiger partial charge in [-0.05, 0) is 24.6 Å². The van der Waals surface area contributed by atoms with E-state index in [-0.39, 0.29) is 12.1 Å². The summed E-state index contributed by atoms with van der Waals surface area (Å²) in [7, 11) is 0. The summed E-state index contributed by atoms with van der Waals surface area (Å²) in [5.74, 6) is 5.25. The number of benzene rings is 2. The summed E-state index contributed by atoms with van der Waals surface area (Å²) in [5.41, 5.74) is 4.61. The minimum absolute atomic E-state index is 0.158. The third kappa shape index (κ3) is 3.18. The van der Waals surface area contributed by atoms with Crippen LogP contribution in [0.25, 0.3) is 10.9 Å². The molecule has 0 aliphatic carbocycles. The van der Waals surface area contributed by atoms with E-state index in [0.717, 1.165) is 11.1 Å². The first-order valence-electron chi connectivity index (χ1n) is 7.62. The first-order chi connectivity index (χ1) is 11.6. The van der Waals surface area contributed by atoms with Crippen molar-refractivity contribution < 1.29 is 4.79 Å². The molecule has 3 N–H and O–H groups in total. The van der Waals surface area contributed by atoms with E-state index in [1.807, 2.05) is 37.3 Å². The van der Waals surface area contributed by atoms with Gasteiger partial charge >= 0.3 is 0 Å². The number of nitrogens with two attached hydrogens (primary N) is 1. The minimum Gasteiger partial charge on any atom is -0.293 e. The molecule has 2 aromatic carbocycles. The molecule has 1 amide bonds. The van der Waals surface area contributed by atoms with Gasteiger partial charge in [0.15, 0.2) is 0 Å². The fourth-order valence-corrected chi connectivity index (χ4v) is 2.59. The number of hydrogen-bond acceptors (Lipinski definition) is 4. The van der Waals surface area contributed by atoms with Crippen molar-refractivity contribution in [3.8, 4) is 0 Å². The van der Waals surface area contributed by atoms with Gasteiger partial charge in [0.2, 0.25) is 0 Å². The highest BCUT2D eigenvalue weighted by atomic mass is 16.2. The Balaban J connectivity index is 2.12. The highest BCUT2D eigenvalue weighted by molar-refractivity contribution is 5.79. The summed E-state index contributed by atoms with van der Waals surface area (Å²) in [6.45, 7) is 1.86. The summed E-state index contributed by atoms with van der Waals surface area (Å²) in [5, 5.41) is 0.481. The number of carbonyl (C=O) groups is 1. The SMILES string of the molecule is Cc1ccc(Cc2nc3ccccc3c(=O)n2CC(=O)NN)cc1. The number of fused-ring (bicyclic) bond motifs is 1. The molecule has 0 aliphatic rings. The molecule has 1 heterocycles. The van der Waals surface area contributed by atoms with E-state index in [2.05, 4.69) is 10.4 Å². The Morgan fingerprint density at radius 2 is 1.88 bits per heavy atom. The number of nitrogens with zero attached hydrogens (tertiary/aromatic N) is 2. The Hall–Kier alpha value is -2.99. The average Bonchev–Trinajstić information content (AvgIpc) is 2.60. The van der Waals surface area contributed by atoms with E-state index in [1.54, 1.807) is 18.2 Å². The van der Waals surface area contributed by atoms with Crippen LogP contribution in [0.3, 0.4) is 0 Å². The standard InChI is InChI=1S/C18H18N4O2/c1-12-6-8-13(9-7-12)10-16-20-15-5-3-2-4-14(15)18(24)22(16)11-17(23)21-19/h2-9H,10-11,19H2,1H3,(H,21,23). The van der Waals surface area contributed by atoms with Gasteiger partial charge in [0.05, 0.1) is 10.9 Å². The van der Waals surface area contributed by atoms with E-state index >= 15 is 0 Å². The normalized spacial score (nSPS) is 10.8. The molecular weight excluding hydrogens is 304 g/mol. The predicted octanol–water partition coefficient (Wildman–Crippen LogP) is 1.29. The van der Waals surface area contributed by atoms with E-state index < -0.39 is 5.91 Å². The second-order valence-electron chi connectivity index (χ2n) is 5.67. The molecule has 0 unspecified atom stereocenters. The molecule has 3 rings (SSSR count). The van der Waals surface area contributed by atoms with Gasteiger partial charge < -0.3 is 0 Å². The largest absolute Gasteiger partial charge is 0.293 e. The van der Waals surface area contributed by atoms with Crippen molar-refractivity contribution in [2.75, 3.05) is 0 Å². The lowest BCUT2D eigenvalue weighted by atomic mass is 10.1. The maximum atomic E-state index is 12.7. The second kappa shape index (κ2) is 6.64. The molecule has 6 nitrogen and oxygen atoms in total. The summed E-state index contributed by atoms with van der Waals surface area (Å²) < 4.78 is 1.38. The Labute approximate surface area is 138 Å². The lowest BCUT2D eigenvalue weighted by molar-refractivity contribution is -0.121. The summed E-state index contributed by atoms with van der Waals surface area (Å²) in [6.07, 6.45) is 0.457. The molecule has 0 atom stereocenters. The van der Waals surface area contributed by atoms with Crippen LogP contribution in [-0.2, 0) is 17.8 Å². The number of aromatic nitrogens is 2. The number of hydrogen-bond donors (Lipinski definition) is 2. The number of nitrogens with one attached hydrogen (secondary N) is 1. The maximum absolute atomic E-state index is 12.7. The van der Waals surface area contributed by atoms with E-state index in [9.17, 15) is 9.59 Å². The molecule has 0 bridgehead atoms. The van der Waals surface area contributed by atoms with Crippen molar-refractivity contribution in [3.05, 3.63) is 75.8 Å². The van der Waals surface area contributed by atoms with Gasteiger partial charge in [0.1, 0.15) is 12.4 Å². The van der Waals surface area contributed by atoms with Crippen LogP contribution in [0.1, 0.15) is 17.0 Å². The highest BCUT2D eigenvalue weighted by Crippen LogP contribution is 2.12. The van der Waals surface area contributed by atoms with Crippen LogP contribution in [0.15, 0.2) is 53.3 Å². The Bertz CT molecular complexity index is 945. The van der Waals surface area contributed by atoms with Gasteiger partial charge in [-0.2, -0.15) is 0 Å². The van der Waals surface area contributed by atoms with E-state index in [4.69, 9.17) is 5.84 Å². The van der Waals surface area contributed by atoms with Gasteiger partial charge in [0.25, 0.3) is 11.5 Å². The quantitative estimate of drug-likeness (QED) is 0.430. The molecular formula is C18H18N4O2. The molecule has 0 radical (unpaired) electrons. The van der Waals surface area contributed by atoms with Gasteiger partial charge in [-0.15, -0.1) is 0 Å². The van der Waals surface area contributed by atoms with Gasteiger partial charge in [-0.1, -0.05) is 42.0 Å². The number of hydrazine groups is 1. The topological polar surface area (TPSA) is 90.0 Å². The first-order valence-corrected chi connectivity index (χ1v) is 7.62. The van der Waals surface area contributed by atoms with Crippen LogP contribution < -0.4 is 16.8 Å². The van der Waals surface area contributed by atoms with Crippen molar-refractivity contribution in [2.45, 2.75) is 19.9 Å². The van der Waals surface area contributed by atoms with E-state index in [0.29, 0.717) is 23.1 Å². The lowest BCUT2D eigenvalue weighted by Gasteiger charge is -2.13. The van der Waals surface area contributed by atoms with Crippen LogP contribution in [0, 0.1) is 6.92 Å². The summed E-state index contributed by atoms with van der Waals surface area (Å²) in [6, 6.07) is 15.1. The van der Waals surface area contributed by atoms with Gasteiger partial charge in [-0.25, -0.2) is 10.8 Å². The van der Waals surface area contributed by atoms with Crippen molar-refractivity contribution in [1.82, 2.24) is 15.0 Å². The first kappa shape index (κ1) is 15.9. The average molecular weight is 322 g/mol. The molecule has 0 saturated carbocycles. The zero-order chi connectivity index (χ0) is 17.1. The third-order valence-corrected chi connectivity index (χ3v) is 3.89. The molecule has 6 heteroatoms. The number of amides is 1. The monoisotopic (exact) mass is 322 g/mol. The Kier molecular flexibility index (Phi) is 4.39. The van der Waals surface area contributed by atoms with Crippen molar-refractivity contribution >= 4 is 16.8 Å². The van der Waals surface area contributed by atoms with E-state index in [1.165, 1.54) is 4.57 Å². The van der Waals surface area contributed by atoms with Crippen molar-refractivity contribution in [2.24, 2.45) is 5.84 Å². The Morgan fingerprint density at radius 3 is 2.58 bits per heavy atom. The number of aryl methyl sites for hydroxylation is 1. The predicted molar refractivity (Wildman–Crippen MR) is 92.3 cm³/mol. The molecule has 24 heavy (non-hydrogen) atoms. The zero-order valence-electron chi connectivity index (χ0n) is 13.3. The molecule has 0 aliphatic heterocycles. The molecule has 0 spiro atoms. The minimum atomic E-state index is -0.445. The smallest absolute Gasteiger partial charge is 0.261 e. The number of rotatable bonds is 4. The molecule has 3 aromatic rings. The summed E-state index contributed by atoms with van der Waals surface area (Å²) >= 11 is 0. The lowest BCUT2D eigenvalue weighted by Crippen LogP contribution is -2.37. The Morgan fingerprint density at radius 1 is 1.17 bits per heavy atom. The highest BCUT2D eigenvalue weighted by Gasteiger charge is 2.13. The van der Waals surface area contributed by atoms with Gasteiger partial charge in [0, 0.05) is 6.42 Å². The number of carbonyl (C=O) groups excluding carboxylic acids is 1. The van der Waals surface area contributed by atoms with Crippen LogP contribution in [0.2, 0.25) is 0 Å². The second-order valence-corrected chi connectivity index (χ2v) is 5.67. The van der Waals surface area contributed by atoms with Crippen molar-refractivity contribution in [1.29, 1.82) is 0 Å². The van der Waals surface area contributed by atoms with Crippen LogP contribution in [0.5, 0.6) is 0 Å². The molecule has 0 fully saturated rings. The van der Waals surface area contributed by atoms with Crippen LogP contribution in [0.4, 0.5) is 0 Å². The molecule has 0 saturated heterocycles. The number of para-hydroxylation sites is 1. The fraction of sp³-hybridized carbons (Fsp3) is 0.167. The molecule has 1 aromatic heterocycles. The summed E-state index contributed by atoms with van der Waals surface area (Å²) in [4.78, 5) is 29.0. The maximum Gasteiger partial charge on any atom is 0.261 e. The molecule has 122 valence electrons. The van der Waals surface area contributed by atoms with Crippen molar-refractivity contribution in [3.63, 3.8) is 0 Å². The third-order valence-electron chi connectivity index (χ3n) is 3.89. The van der Waals surface area contributed by atoms with Gasteiger partial charge in [-0.3, -0.25) is 19.6 Å². The fourth-order valence-electron chi connectivity index (χ4n) is 2.59.